The van der Waals surface area contributed by atoms with Crippen LogP contribution in [0.5, 0.6) is 0 Å². The lowest BCUT2D eigenvalue weighted by Crippen LogP contribution is -2.42. The van der Waals surface area contributed by atoms with Crippen LogP contribution in [0.4, 0.5) is 0 Å². The van der Waals surface area contributed by atoms with Crippen LogP contribution in [0.1, 0.15) is 66.2 Å². The Balaban J connectivity index is 1.77. The molecule has 3 aliphatic rings. The van der Waals surface area contributed by atoms with Crippen LogP contribution in [-0.2, 0) is 9.47 Å². The van der Waals surface area contributed by atoms with Crippen LogP contribution in [-0.4, -0.2) is 34.1 Å². The van der Waals surface area contributed by atoms with Crippen LogP contribution in [0.3, 0.4) is 0 Å². The third-order valence-electron chi connectivity index (χ3n) is 5.71. The minimum Gasteiger partial charge on any atom is -0.387 e. The molecule has 22 heavy (non-hydrogen) atoms. The normalized spacial score (nSPS) is 46.5. The van der Waals surface area contributed by atoms with Crippen LogP contribution < -0.4 is 0 Å². The third-order valence-corrected chi connectivity index (χ3v) is 5.71. The number of rotatable bonds is 1. The van der Waals surface area contributed by atoms with Crippen molar-refractivity contribution in [2.24, 2.45) is 0 Å². The molecule has 0 bridgehead atoms. The van der Waals surface area contributed by atoms with Crippen LogP contribution >= 0.6 is 0 Å². The maximum Gasteiger partial charge on any atom is 0.127 e. The van der Waals surface area contributed by atoms with Crippen molar-refractivity contribution in [3.05, 3.63) is 23.8 Å². The van der Waals surface area contributed by atoms with E-state index in [1.807, 2.05) is 13.8 Å². The predicted octanol–water partition coefficient (Wildman–Crippen LogP) is 3.91. The van der Waals surface area contributed by atoms with Crippen molar-refractivity contribution in [3.63, 3.8) is 0 Å². The highest BCUT2D eigenvalue weighted by Gasteiger charge is 2.65. The van der Waals surface area contributed by atoms with Gasteiger partial charge in [0.25, 0.3) is 0 Å². The largest absolute Gasteiger partial charge is 0.387 e. The molecular weight excluding hydrogens is 276 g/mol. The molecule has 2 aliphatic heterocycles. The number of epoxide rings is 2. The molecule has 0 aromatic heterocycles. The molecule has 2 fully saturated rings. The average molecular weight is 306 g/mol. The highest BCUT2D eigenvalue weighted by atomic mass is 16.6. The zero-order valence-electron chi connectivity index (χ0n) is 14.4. The summed E-state index contributed by atoms with van der Waals surface area (Å²) < 4.78 is 12.0. The lowest BCUT2D eigenvalue weighted by Gasteiger charge is -2.27. The Labute approximate surface area is 134 Å². The lowest BCUT2D eigenvalue weighted by atomic mass is 9.80. The quantitative estimate of drug-likeness (QED) is 0.590. The highest BCUT2D eigenvalue weighted by molar-refractivity contribution is 5.23. The van der Waals surface area contributed by atoms with Crippen LogP contribution in [0.2, 0.25) is 0 Å². The van der Waals surface area contributed by atoms with E-state index >= 15 is 0 Å². The predicted molar refractivity (Wildman–Crippen MR) is 87.8 cm³/mol. The third kappa shape index (κ3) is 3.04. The van der Waals surface area contributed by atoms with Gasteiger partial charge in [0.15, 0.2) is 0 Å². The number of aliphatic hydroxyl groups is 1. The van der Waals surface area contributed by atoms with Crippen molar-refractivity contribution in [2.75, 3.05) is 0 Å². The summed E-state index contributed by atoms with van der Waals surface area (Å²) in [6.07, 6.45) is 13.3. The van der Waals surface area contributed by atoms with Gasteiger partial charge in [0.1, 0.15) is 11.7 Å². The molecule has 0 saturated carbocycles. The number of hydrogen-bond donors (Lipinski definition) is 1. The summed E-state index contributed by atoms with van der Waals surface area (Å²) in [5.41, 5.74) is 0.0651. The zero-order valence-corrected chi connectivity index (χ0v) is 14.4. The first-order valence-corrected chi connectivity index (χ1v) is 8.67. The van der Waals surface area contributed by atoms with E-state index in [1.54, 1.807) is 0 Å². The molecule has 0 aromatic carbocycles. The smallest absolute Gasteiger partial charge is 0.127 e. The topological polar surface area (TPSA) is 45.3 Å². The summed E-state index contributed by atoms with van der Waals surface area (Å²) in [6.45, 7) is 8.10. The van der Waals surface area contributed by atoms with E-state index in [9.17, 15) is 5.11 Å². The van der Waals surface area contributed by atoms with Gasteiger partial charge in [-0.15, -0.1) is 0 Å². The molecule has 3 rings (SSSR count). The van der Waals surface area contributed by atoms with Gasteiger partial charge in [0.05, 0.1) is 17.3 Å². The molecule has 3 heteroatoms. The molecular formula is C19H30O3. The summed E-state index contributed by atoms with van der Waals surface area (Å²) >= 11 is 0. The summed E-state index contributed by atoms with van der Waals surface area (Å²) in [4.78, 5) is 0. The van der Waals surface area contributed by atoms with Gasteiger partial charge < -0.3 is 14.6 Å². The molecule has 4 atom stereocenters. The summed E-state index contributed by atoms with van der Waals surface area (Å²) in [5, 5.41) is 10.6. The molecule has 1 N–H and O–H groups in total. The Morgan fingerprint density at radius 3 is 2.64 bits per heavy atom. The number of ether oxygens (including phenoxy) is 2. The molecule has 0 aromatic rings. The Morgan fingerprint density at radius 2 is 1.91 bits per heavy atom. The second-order valence-corrected chi connectivity index (χ2v) is 8.01. The van der Waals surface area contributed by atoms with Crippen molar-refractivity contribution in [3.8, 4) is 0 Å². The van der Waals surface area contributed by atoms with Gasteiger partial charge in [0, 0.05) is 0 Å². The van der Waals surface area contributed by atoms with E-state index in [2.05, 4.69) is 32.1 Å². The first kappa shape index (κ1) is 16.2. The van der Waals surface area contributed by atoms with Crippen molar-refractivity contribution in [1.82, 2.24) is 0 Å². The van der Waals surface area contributed by atoms with Gasteiger partial charge in [-0.3, -0.25) is 0 Å². The standard InChI is InChI=1S/C19H30O3/c1-14-9-7-5-6-8-10-15-18(4,21-15)11-12-19(17(2,3)20)16(13-14)22-19/h5-6,13,15-16,20H,7-12H2,1-4H3/b6-5+,14-13+/t15-,16+,18-,19-/m1/s1. The van der Waals surface area contributed by atoms with Gasteiger partial charge >= 0.3 is 0 Å². The van der Waals surface area contributed by atoms with Crippen molar-refractivity contribution < 1.29 is 14.6 Å². The summed E-state index contributed by atoms with van der Waals surface area (Å²) in [7, 11) is 0. The highest BCUT2D eigenvalue weighted by Crippen LogP contribution is 2.53. The maximum atomic E-state index is 10.6. The fourth-order valence-corrected chi connectivity index (χ4v) is 3.81. The molecule has 3 nitrogen and oxygen atoms in total. The van der Waals surface area contributed by atoms with Crippen molar-refractivity contribution >= 4 is 0 Å². The summed E-state index contributed by atoms with van der Waals surface area (Å²) in [6, 6.07) is 0. The molecule has 1 aliphatic carbocycles. The zero-order chi connectivity index (χ0) is 16.0. The molecule has 0 unspecified atom stereocenters. The lowest BCUT2D eigenvalue weighted by molar-refractivity contribution is -0.0129. The van der Waals surface area contributed by atoms with Crippen molar-refractivity contribution in [2.45, 2.75) is 95.2 Å². The molecule has 2 saturated heterocycles. The molecule has 0 radical (unpaired) electrons. The molecule has 124 valence electrons. The second kappa shape index (κ2) is 5.47. The monoisotopic (exact) mass is 306 g/mol. The van der Waals surface area contributed by atoms with Crippen LogP contribution in [0.25, 0.3) is 0 Å². The molecule has 2 heterocycles. The van der Waals surface area contributed by atoms with Crippen LogP contribution in [0.15, 0.2) is 23.8 Å². The SMILES string of the molecule is C/C1=C\[C@@H]2O[C@]2(C(C)(C)O)CC[C@@]2(C)O[C@@H]2CC/C=C/CC1. The van der Waals surface area contributed by atoms with Gasteiger partial charge in [-0.05, 0) is 66.2 Å². The Kier molecular flexibility index (Phi) is 4.03. The van der Waals surface area contributed by atoms with Gasteiger partial charge in [-0.25, -0.2) is 0 Å². The first-order chi connectivity index (χ1) is 10.3. The minimum atomic E-state index is -0.827. The van der Waals surface area contributed by atoms with Crippen molar-refractivity contribution in [1.29, 1.82) is 0 Å². The van der Waals surface area contributed by atoms with Gasteiger partial charge in [0.2, 0.25) is 0 Å². The van der Waals surface area contributed by atoms with E-state index in [4.69, 9.17) is 9.47 Å². The first-order valence-electron chi connectivity index (χ1n) is 8.67. The Hall–Kier alpha value is -0.640. The van der Waals surface area contributed by atoms with E-state index in [0.717, 1.165) is 38.5 Å². The maximum absolute atomic E-state index is 10.6. The molecule has 0 spiro atoms. The van der Waals surface area contributed by atoms with Gasteiger partial charge in [-0.2, -0.15) is 0 Å². The van der Waals surface area contributed by atoms with E-state index < -0.39 is 11.2 Å². The fourth-order valence-electron chi connectivity index (χ4n) is 3.81. The van der Waals surface area contributed by atoms with E-state index in [1.165, 1.54) is 5.57 Å². The second-order valence-electron chi connectivity index (χ2n) is 8.01. The number of hydrogen-bond acceptors (Lipinski definition) is 3. The minimum absolute atomic E-state index is 0.0224. The van der Waals surface area contributed by atoms with E-state index in [-0.39, 0.29) is 11.7 Å². The molecule has 0 amide bonds. The fraction of sp³-hybridized carbons (Fsp3) is 0.789. The average Bonchev–Trinajstić information content (AvgIpc) is 3.27. The number of allylic oxidation sites excluding steroid dienone is 3. The van der Waals surface area contributed by atoms with E-state index in [0.29, 0.717) is 6.10 Å². The van der Waals surface area contributed by atoms with Crippen LogP contribution in [0, 0.1) is 0 Å². The Morgan fingerprint density at radius 1 is 1.18 bits per heavy atom. The summed E-state index contributed by atoms with van der Waals surface area (Å²) in [5.74, 6) is 0. The number of fused-ring (bicyclic) bond motifs is 2. The van der Waals surface area contributed by atoms with Gasteiger partial charge in [-0.1, -0.05) is 23.8 Å². The Bertz CT molecular complexity index is 487.